The summed E-state index contributed by atoms with van der Waals surface area (Å²) in [5, 5.41) is 10.8. The third-order valence-electron chi connectivity index (χ3n) is 4.24. The standard InChI is InChI=1S/C16H18N8O3.ClH/c1-22-9-11(13(21-22)14(17)25)19-16(26)10-8-18-24-3-2-12(20-15(10)24)23-4-6-27-7-5-23;/h2-3,8-9H,4-7H2,1H3,(H2,17,25)(H,19,26);1H. The zero-order valence-corrected chi connectivity index (χ0v) is 15.8. The molecule has 148 valence electrons. The van der Waals surface area contributed by atoms with Crippen LogP contribution in [-0.4, -0.2) is 62.5 Å². The fourth-order valence-electron chi connectivity index (χ4n) is 2.94. The van der Waals surface area contributed by atoms with Crippen LogP contribution in [0.15, 0.2) is 24.7 Å². The van der Waals surface area contributed by atoms with Gasteiger partial charge in [0.2, 0.25) is 0 Å². The predicted octanol–water partition coefficient (Wildman–Crippen LogP) is 0.0724. The minimum atomic E-state index is -0.724. The van der Waals surface area contributed by atoms with Crippen molar-refractivity contribution in [3.63, 3.8) is 0 Å². The van der Waals surface area contributed by atoms with Crippen LogP contribution < -0.4 is 16.0 Å². The molecule has 0 saturated carbocycles. The first-order chi connectivity index (χ1) is 13.0. The highest BCUT2D eigenvalue weighted by Crippen LogP contribution is 2.19. The number of carbonyl (C=O) groups is 2. The average Bonchev–Trinajstić information content (AvgIpc) is 3.25. The summed E-state index contributed by atoms with van der Waals surface area (Å²) in [6.07, 6.45) is 4.69. The van der Waals surface area contributed by atoms with Crippen LogP contribution in [0.25, 0.3) is 5.65 Å². The fraction of sp³-hybridized carbons (Fsp3) is 0.312. The fourth-order valence-corrected chi connectivity index (χ4v) is 2.94. The van der Waals surface area contributed by atoms with Crippen molar-refractivity contribution in [2.45, 2.75) is 0 Å². The minimum Gasteiger partial charge on any atom is -0.378 e. The summed E-state index contributed by atoms with van der Waals surface area (Å²) in [7, 11) is 1.63. The summed E-state index contributed by atoms with van der Waals surface area (Å²) in [4.78, 5) is 30.9. The Hall–Kier alpha value is -3.18. The summed E-state index contributed by atoms with van der Waals surface area (Å²) in [5.74, 6) is -0.426. The maximum atomic E-state index is 12.7. The number of carbonyl (C=O) groups excluding carboxylic acids is 2. The van der Waals surface area contributed by atoms with Gasteiger partial charge in [0.15, 0.2) is 11.3 Å². The van der Waals surface area contributed by atoms with Crippen LogP contribution in [0, 0.1) is 0 Å². The number of aromatic nitrogens is 5. The van der Waals surface area contributed by atoms with Gasteiger partial charge in [0.05, 0.1) is 25.1 Å². The maximum absolute atomic E-state index is 12.7. The predicted molar refractivity (Wildman–Crippen MR) is 103 cm³/mol. The SMILES string of the molecule is Cl.Cn1cc(NC(=O)c2cnn3ccc(N4CCOCC4)nc23)c(C(N)=O)n1. The van der Waals surface area contributed by atoms with E-state index in [-0.39, 0.29) is 29.4 Å². The zero-order chi connectivity index (χ0) is 19.0. The molecule has 1 aliphatic rings. The van der Waals surface area contributed by atoms with E-state index in [4.69, 9.17) is 10.5 Å². The number of nitrogens with zero attached hydrogens (tertiary/aromatic N) is 6. The van der Waals surface area contributed by atoms with Crippen molar-refractivity contribution in [1.29, 1.82) is 0 Å². The summed E-state index contributed by atoms with van der Waals surface area (Å²) in [5.41, 5.74) is 6.23. The van der Waals surface area contributed by atoms with Crippen molar-refractivity contribution in [2.24, 2.45) is 12.8 Å². The number of aryl methyl sites for hydroxylation is 1. The van der Waals surface area contributed by atoms with Crippen LogP contribution in [-0.2, 0) is 11.8 Å². The van der Waals surface area contributed by atoms with Gasteiger partial charge in [-0.15, -0.1) is 12.4 Å². The Balaban J connectivity index is 0.00000225. The zero-order valence-electron chi connectivity index (χ0n) is 15.0. The van der Waals surface area contributed by atoms with Crippen molar-refractivity contribution in [2.75, 3.05) is 36.5 Å². The van der Waals surface area contributed by atoms with Crippen LogP contribution in [0.5, 0.6) is 0 Å². The number of primary amides is 1. The number of anilines is 2. The molecule has 2 amide bonds. The lowest BCUT2D eigenvalue weighted by atomic mass is 10.3. The van der Waals surface area contributed by atoms with E-state index in [0.717, 1.165) is 18.9 Å². The van der Waals surface area contributed by atoms with E-state index in [1.54, 1.807) is 13.2 Å². The van der Waals surface area contributed by atoms with Gasteiger partial charge >= 0.3 is 0 Å². The van der Waals surface area contributed by atoms with Crippen molar-refractivity contribution in [3.05, 3.63) is 35.9 Å². The van der Waals surface area contributed by atoms with E-state index >= 15 is 0 Å². The molecule has 1 fully saturated rings. The molecule has 3 aromatic heterocycles. The molecule has 0 aromatic carbocycles. The van der Waals surface area contributed by atoms with Gasteiger partial charge in [-0.25, -0.2) is 9.50 Å². The number of hydrogen-bond donors (Lipinski definition) is 2. The summed E-state index contributed by atoms with van der Waals surface area (Å²) in [6, 6.07) is 1.85. The van der Waals surface area contributed by atoms with Crippen molar-refractivity contribution in [3.8, 4) is 0 Å². The number of hydrogen-bond acceptors (Lipinski definition) is 7. The molecule has 28 heavy (non-hydrogen) atoms. The third kappa shape index (κ3) is 3.62. The highest BCUT2D eigenvalue weighted by molar-refractivity contribution is 6.10. The second kappa shape index (κ2) is 7.82. The lowest BCUT2D eigenvalue weighted by molar-refractivity contribution is 0.0995. The van der Waals surface area contributed by atoms with Gasteiger partial charge in [-0.1, -0.05) is 0 Å². The van der Waals surface area contributed by atoms with Gasteiger partial charge in [-0.05, 0) is 6.07 Å². The second-order valence-corrected chi connectivity index (χ2v) is 6.10. The highest BCUT2D eigenvalue weighted by Gasteiger charge is 2.21. The minimum absolute atomic E-state index is 0. The van der Waals surface area contributed by atoms with E-state index in [9.17, 15) is 9.59 Å². The number of ether oxygens (including phenoxy) is 1. The molecular weight excluding hydrogens is 388 g/mol. The molecule has 1 aliphatic heterocycles. The van der Waals surface area contributed by atoms with Gasteiger partial charge in [0.1, 0.15) is 11.4 Å². The van der Waals surface area contributed by atoms with E-state index in [0.29, 0.717) is 18.9 Å². The molecule has 12 heteroatoms. The Morgan fingerprint density at radius 3 is 2.75 bits per heavy atom. The van der Waals surface area contributed by atoms with E-state index in [2.05, 4.69) is 25.4 Å². The smallest absolute Gasteiger partial charge is 0.271 e. The van der Waals surface area contributed by atoms with Crippen molar-refractivity contribution >= 4 is 41.4 Å². The average molecular weight is 407 g/mol. The topological polar surface area (TPSA) is 133 Å². The lowest BCUT2D eigenvalue weighted by Gasteiger charge is -2.27. The first-order valence-corrected chi connectivity index (χ1v) is 8.35. The van der Waals surface area contributed by atoms with E-state index in [1.165, 1.54) is 21.6 Å². The monoisotopic (exact) mass is 406 g/mol. The van der Waals surface area contributed by atoms with Crippen LogP contribution in [0.2, 0.25) is 0 Å². The highest BCUT2D eigenvalue weighted by atomic mass is 35.5. The number of rotatable bonds is 4. The Morgan fingerprint density at radius 1 is 1.29 bits per heavy atom. The second-order valence-electron chi connectivity index (χ2n) is 6.10. The molecule has 0 spiro atoms. The molecular formula is C16H19ClN8O3. The van der Waals surface area contributed by atoms with Crippen LogP contribution >= 0.6 is 12.4 Å². The van der Waals surface area contributed by atoms with Gasteiger partial charge < -0.3 is 20.7 Å². The number of amides is 2. The quantitative estimate of drug-likeness (QED) is 0.626. The molecule has 0 bridgehead atoms. The summed E-state index contributed by atoms with van der Waals surface area (Å²) >= 11 is 0. The Kier molecular flexibility index (Phi) is 5.47. The molecule has 3 aromatic rings. The van der Waals surface area contributed by atoms with Gasteiger partial charge in [-0.3, -0.25) is 14.3 Å². The molecule has 4 rings (SSSR count). The van der Waals surface area contributed by atoms with E-state index < -0.39 is 11.8 Å². The Bertz CT molecular complexity index is 1020. The molecule has 0 atom stereocenters. The normalized spacial score (nSPS) is 14.0. The van der Waals surface area contributed by atoms with Crippen LogP contribution in [0.3, 0.4) is 0 Å². The molecule has 11 nitrogen and oxygen atoms in total. The maximum Gasteiger partial charge on any atom is 0.271 e. The lowest BCUT2D eigenvalue weighted by Crippen LogP contribution is -2.36. The molecule has 0 aliphatic carbocycles. The van der Waals surface area contributed by atoms with Crippen molar-refractivity contribution in [1.82, 2.24) is 24.4 Å². The first-order valence-electron chi connectivity index (χ1n) is 8.35. The van der Waals surface area contributed by atoms with Crippen LogP contribution in [0.4, 0.5) is 11.5 Å². The Labute approximate surface area is 165 Å². The molecule has 0 radical (unpaired) electrons. The number of nitrogens with one attached hydrogen (secondary N) is 1. The van der Waals surface area contributed by atoms with Crippen LogP contribution in [0.1, 0.15) is 20.8 Å². The molecule has 0 unspecified atom stereocenters. The largest absolute Gasteiger partial charge is 0.378 e. The van der Waals surface area contributed by atoms with Gasteiger partial charge in [0.25, 0.3) is 11.8 Å². The molecule has 1 saturated heterocycles. The number of morpholine rings is 1. The summed E-state index contributed by atoms with van der Waals surface area (Å²) in [6.45, 7) is 2.74. The van der Waals surface area contributed by atoms with Gasteiger partial charge in [0, 0.05) is 32.5 Å². The molecule has 3 N–H and O–H groups in total. The molecule has 4 heterocycles. The summed E-state index contributed by atoms with van der Waals surface area (Å²) < 4.78 is 8.29. The number of halogens is 1. The first kappa shape index (κ1) is 19.6. The van der Waals surface area contributed by atoms with Gasteiger partial charge in [-0.2, -0.15) is 10.2 Å². The van der Waals surface area contributed by atoms with E-state index in [1.807, 2.05) is 6.07 Å². The Morgan fingerprint density at radius 2 is 2.04 bits per heavy atom. The number of fused-ring (bicyclic) bond motifs is 1. The number of nitrogens with two attached hydrogens (primary N) is 1. The van der Waals surface area contributed by atoms with Crippen molar-refractivity contribution < 1.29 is 14.3 Å². The third-order valence-corrected chi connectivity index (χ3v) is 4.24.